The highest BCUT2D eigenvalue weighted by atomic mass is 35.5. The van der Waals surface area contributed by atoms with Gasteiger partial charge in [-0.15, -0.1) is 22.7 Å². The Morgan fingerprint density at radius 3 is 2.00 bits per heavy atom. The van der Waals surface area contributed by atoms with Gasteiger partial charge < -0.3 is 5.73 Å². The first-order valence-corrected chi connectivity index (χ1v) is 15.1. The molecule has 2 N–H and O–H groups in total. The van der Waals surface area contributed by atoms with E-state index in [9.17, 15) is 4.79 Å². The molecule has 2 fully saturated rings. The van der Waals surface area contributed by atoms with Gasteiger partial charge in [0, 0.05) is 34.1 Å². The van der Waals surface area contributed by atoms with Crippen LogP contribution in [-0.4, -0.2) is 22.8 Å². The fraction of sp³-hybridized carbons (Fsp3) is 0.464. The molecule has 2 saturated carbocycles. The number of nitrogens with zero attached hydrogens (tertiary/aromatic N) is 1. The number of thiophene rings is 2. The summed E-state index contributed by atoms with van der Waals surface area (Å²) >= 11 is 15.5. The molecular formula is C28H32Cl2N2OS2. The summed E-state index contributed by atoms with van der Waals surface area (Å²) in [7, 11) is 0. The quantitative estimate of drug-likeness (QED) is 0.300. The lowest BCUT2D eigenvalue weighted by Gasteiger charge is -2.42. The van der Waals surface area contributed by atoms with Crippen LogP contribution in [0.1, 0.15) is 85.7 Å². The van der Waals surface area contributed by atoms with Crippen molar-refractivity contribution in [1.29, 1.82) is 0 Å². The zero-order valence-corrected chi connectivity index (χ0v) is 23.0. The number of rotatable bonds is 7. The summed E-state index contributed by atoms with van der Waals surface area (Å²) in [5.74, 6) is -0.0217. The van der Waals surface area contributed by atoms with E-state index in [2.05, 4.69) is 11.0 Å². The lowest BCUT2D eigenvalue weighted by Crippen LogP contribution is -2.44. The second kappa shape index (κ2) is 11.4. The fourth-order valence-corrected chi connectivity index (χ4v) is 8.21. The molecule has 0 radical (unpaired) electrons. The van der Waals surface area contributed by atoms with Crippen molar-refractivity contribution in [2.45, 2.75) is 82.8 Å². The maximum Gasteiger partial charge on any atom is 0.196 e. The molecule has 0 unspecified atom stereocenters. The van der Waals surface area contributed by atoms with Crippen molar-refractivity contribution in [3.63, 3.8) is 0 Å². The van der Waals surface area contributed by atoms with Crippen LogP contribution < -0.4 is 5.73 Å². The second-order valence-corrected chi connectivity index (χ2v) is 13.0. The molecule has 2 aliphatic rings. The first kappa shape index (κ1) is 25.3. The third-order valence-electron chi connectivity index (χ3n) is 7.59. The fourth-order valence-electron chi connectivity index (χ4n) is 5.83. The van der Waals surface area contributed by atoms with Gasteiger partial charge in [0.25, 0.3) is 0 Å². The third kappa shape index (κ3) is 5.65. The van der Waals surface area contributed by atoms with E-state index in [-0.39, 0.29) is 5.78 Å². The van der Waals surface area contributed by atoms with Gasteiger partial charge in [0.05, 0.1) is 19.8 Å². The summed E-state index contributed by atoms with van der Waals surface area (Å²) in [6, 6.07) is 12.3. The topological polar surface area (TPSA) is 46.3 Å². The minimum absolute atomic E-state index is 0.0217. The first-order chi connectivity index (χ1) is 17.0. The Labute approximate surface area is 226 Å². The Morgan fingerprint density at radius 1 is 0.857 bits per heavy atom. The molecule has 3 aromatic rings. The van der Waals surface area contributed by atoms with Crippen LogP contribution in [0.2, 0.25) is 9.36 Å². The molecule has 7 heteroatoms. The Bertz CT molecular complexity index is 1140. The number of carbonyl (C=O) groups excluding carboxylic acids is 1. The van der Waals surface area contributed by atoms with Gasteiger partial charge in [0.15, 0.2) is 5.78 Å². The van der Waals surface area contributed by atoms with Gasteiger partial charge in [-0.3, -0.25) is 9.69 Å². The minimum Gasteiger partial charge on any atom is -0.390 e. The monoisotopic (exact) mass is 546 g/mol. The zero-order chi connectivity index (χ0) is 24.4. The van der Waals surface area contributed by atoms with Crippen molar-refractivity contribution < 1.29 is 4.79 Å². The standard InChI is InChI=1S/C28H32Cl2N2OS2/c29-19-13-11-18(12-14-19)26(33)25-22(27(35-28(25)31)23-15-16-24(30)34-23)17-32(20-7-3-1-4-8-20)21-9-5-2-6-10-21/h11-16,20-21H,1-10,17,31H2. The van der Waals surface area contributed by atoms with E-state index in [1.807, 2.05) is 6.07 Å². The van der Waals surface area contributed by atoms with Gasteiger partial charge in [0.1, 0.15) is 0 Å². The first-order valence-electron chi connectivity index (χ1n) is 12.7. The highest BCUT2D eigenvalue weighted by molar-refractivity contribution is 7.26. The van der Waals surface area contributed by atoms with E-state index >= 15 is 0 Å². The molecule has 35 heavy (non-hydrogen) atoms. The molecule has 5 rings (SSSR count). The van der Waals surface area contributed by atoms with Crippen LogP contribution in [0.5, 0.6) is 0 Å². The number of nitrogen functional groups attached to an aromatic ring is 1. The molecule has 0 aliphatic heterocycles. The summed E-state index contributed by atoms with van der Waals surface area (Å²) in [5, 5.41) is 1.21. The van der Waals surface area contributed by atoms with Gasteiger partial charge in [0.2, 0.25) is 0 Å². The van der Waals surface area contributed by atoms with Crippen molar-refractivity contribution in [3.05, 3.63) is 62.4 Å². The number of benzene rings is 1. The SMILES string of the molecule is Nc1sc(-c2ccc(Cl)s2)c(CN(C2CCCCC2)C2CCCCC2)c1C(=O)c1ccc(Cl)cc1. The van der Waals surface area contributed by atoms with E-state index in [0.29, 0.717) is 33.2 Å². The molecular weight excluding hydrogens is 515 g/mol. The molecule has 2 aromatic heterocycles. The Hall–Kier alpha value is -1.37. The number of anilines is 1. The predicted octanol–water partition coefficient (Wildman–Crippen LogP) is 9.06. The summed E-state index contributed by atoms with van der Waals surface area (Å²) in [5.41, 5.74) is 8.97. The second-order valence-electron chi connectivity index (χ2n) is 9.84. The van der Waals surface area contributed by atoms with Gasteiger partial charge >= 0.3 is 0 Å². The summed E-state index contributed by atoms with van der Waals surface area (Å²) in [6.07, 6.45) is 12.8. The summed E-state index contributed by atoms with van der Waals surface area (Å²) < 4.78 is 0.750. The maximum atomic E-state index is 13.8. The van der Waals surface area contributed by atoms with Crippen molar-refractivity contribution in [2.24, 2.45) is 0 Å². The van der Waals surface area contributed by atoms with Crippen molar-refractivity contribution >= 4 is 56.7 Å². The number of hydrogen-bond donors (Lipinski definition) is 1. The summed E-state index contributed by atoms with van der Waals surface area (Å²) in [6.45, 7) is 0.766. The third-order valence-corrected chi connectivity index (χ3v) is 10.3. The van der Waals surface area contributed by atoms with Crippen molar-refractivity contribution in [3.8, 4) is 9.75 Å². The Balaban J connectivity index is 1.58. The van der Waals surface area contributed by atoms with Crippen LogP contribution in [0.3, 0.4) is 0 Å². The predicted molar refractivity (Wildman–Crippen MR) is 151 cm³/mol. The van der Waals surface area contributed by atoms with Gasteiger partial charge in [-0.05, 0) is 67.6 Å². The minimum atomic E-state index is -0.0217. The molecule has 2 aliphatic carbocycles. The molecule has 0 saturated heterocycles. The van der Waals surface area contributed by atoms with E-state index in [0.717, 1.165) is 26.2 Å². The average Bonchev–Trinajstić information content (AvgIpc) is 3.46. The molecule has 186 valence electrons. The average molecular weight is 548 g/mol. The lowest BCUT2D eigenvalue weighted by molar-refractivity contribution is 0.0728. The number of hydrogen-bond acceptors (Lipinski definition) is 5. The molecule has 0 amide bonds. The molecule has 0 atom stereocenters. The number of carbonyl (C=O) groups is 1. The smallest absolute Gasteiger partial charge is 0.196 e. The lowest BCUT2D eigenvalue weighted by atomic mass is 9.87. The van der Waals surface area contributed by atoms with Crippen LogP contribution in [-0.2, 0) is 6.54 Å². The normalized spacial score (nSPS) is 17.8. The van der Waals surface area contributed by atoms with E-state index in [4.69, 9.17) is 28.9 Å². The highest BCUT2D eigenvalue weighted by Gasteiger charge is 2.33. The molecule has 0 bridgehead atoms. The molecule has 3 nitrogen and oxygen atoms in total. The Kier molecular flexibility index (Phi) is 8.20. The molecule has 1 aromatic carbocycles. The summed E-state index contributed by atoms with van der Waals surface area (Å²) in [4.78, 5) is 18.8. The zero-order valence-electron chi connectivity index (χ0n) is 19.9. The molecule has 0 spiro atoms. The highest BCUT2D eigenvalue weighted by Crippen LogP contribution is 2.45. The number of ketones is 1. The van der Waals surface area contributed by atoms with Crippen molar-refractivity contribution in [2.75, 3.05) is 5.73 Å². The largest absolute Gasteiger partial charge is 0.390 e. The van der Waals surface area contributed by atoms with Gasteiger partial charge in [-0.25, -0.2) is 0 Å². The molecule has 2 heterocycles. The van der Waals surface area contributed by atoms with Crippen LogP contribution in [0.4, 0.5) is 5.00 Å². The van der Waals surface area contributed by atoms with Crippen LogP contribution in [0.25, 0.3) is 9.75 Å². The number of halogens is 2. The van der Waals surface area contributed by atoms with Gasteiger partial charge in [-0.2, -0.15) is 0 Å². The van der Waals surface area contributed by atoms with E-state index in [1.165, 1.54) is 75.5 Å². The number of nitrogens with two attached hydrogens (primary N) is 1. The van der Waals surface area contributed by atoms with Gasteiger partial charge in [-0.1, -0.05) is 61.7 Å². The van der Waals surface area contributed by atoms with Crippen LogP contribution >= 0.6 is 45.9 Å². The maximum absolute atomic E-state index is 13.8. The van der Waals surface area contributed by atoms with E-state index < -0.39 is 0 Å². The Morgan fingerprint density at radius 2 is 1.46 bits per heavy atom. The van der Waals surface area contributed by atoms with Crippen LogP contribution in [0.15, 0.2) is 36.4 Å². The van der Waals surface area contributed by atoms with Crippen molar-refractivity contribution in [1.82, 2.24) is 4.90 Å². The van der Waals surface area contributed by atoms with E-state index in [1.54, 1.807) is 35.6 Å². The van der Waals surface area contributed by atoms with Crippen LogP contribution in [0, 0.1) is 0 Å².